The minimum absolute atomic E-state index is 0.615. The molecule has 0 aliphatic heterocycles. The minimum Gasteiger partial charge on any atom is -0.494 e. The molecule has 0 amide bonds. The monoisotopic (exact) mass is 287 g/mol. The van der Waals surface area contributed by atoms with Crippen LogP contribution >= 0.6 is 0 Å². The fourth-order valence-corrected chi connectivity index (χ4v) is 1.86. The van der Waals surface area contributed by atoms with Crippen molar-refractivity contribution in [3.8, 4) is 23.0 Å². The van der Waals surface area contributed by atoms with Gasteiger partial charge in [-0.2, -0.15) is 0 Å². The van der Waals surface area contributed by atoms with E-state index in [0.717, 1.165) is 23.7 Å². The molecule has 0 aliphatic carbocycles. The summed E-state index contributed by atoms with van der Waals surface area (Å²) in [5.74, 6) is 2.93. The first kappa shape index (κ1) is 15.0. The van der Waals surface area contributed by atoms with E-state index >= 15 is 0 Å². The molecule has 0 saturated heterocycles. The molecular formula is C17H21NO3. The molecule has 0 aromatic heterocycles. The lowest BCUT2D eigenvalue weighted by Crippen LogP contribution is -1.97. The highest BCUT2D eigenvalue weighted by Crippen LogP contribution is 2.29. The van der Waals surface area contributed by atoms with E-state index in [2.05, 4.69) is 6.92 Å². The van der Waals surface area contributed by atoms with Crippen molar-refractivity contribution in [2.24, 2.45) is 0 Å². The molecule has 0 radical (unpaired) electrons. The number of ether oxygens (including phenoxy) is 3. The molecule has 2 N–H and O–H groups in total. The first-order valence-corrected chi connectivity index (χ1v) is 7.15. The van der Waals surface area contributed by atoms with Crippen molar-refractivity contribution in [1.82, 2.24) is 0 Å². The average Bonchev–Trinajstić information content (AvgIpc) is 2.47. The quantitative estimate of drug-likeness (QED) is 0.773. The van der Waals surface area contributed by atoms with Crippen molar-refractivity contribution >= 4 is 5.69 Å². The molecule has 21 heavy (non-hydrogen) atoms. The highest BCUT2D eigenvalue weighted by Gasteiger charge is 2.03. The normalized spacial score (nSPS) is 10.2. The van der Waals surface area contributed by atoms with Crippen molar-refractivity contribution in [1.29, 1.82) is 0 Å². The highest BCUT2D eigenvalue weighted by atomic mass is 16.5. The fourth-order valence-electron chi connectivity index (χ4n) is 1.86. The average molecular weight is 287 g/mol. The maximum atomic E-state index is 5.87. The van der Waals surface area contributed by atoms with E-state index in [1.54, 1.807) is 12.1 Å². The van der Waals surface area contributed by atoms with Gasteiger partial charge in [0, 0.05) is 23.9 Å². The van der Waals surface area contributed by atoms with Gasteiger partial charge in [0.2, 0.25) is 0 Å². The van der Waals surface area contributed by atoms with Crippen LogP contribution in [-0.4, -0.2) is 13.2 Å². The molecule has 0 heterocycles. The Morgan fingerprint density at radius 1 is 0.810 bits per heavy atom. The van der Waals surface area contributed by atoms with Gasteiger partial charge in [-0.05, 0) is 37.6 Å². The minimum atomic E-state index is 0.615. The zero-order chi connectivity index (χ0) is 15.1. The molecule has 2 rings (SSSR count). The molecule has 112 valence electrons. The Labute approximate surface area is 125 Å². The Kier molecular flexibility index (Phi) is 5.32. The summed E-state index contributed by atoms with van der Waals surface area (Å²) in [6.07, 6.45) is 0.948. The van der Waals surface area contributed by atoms with E-state index in [1.807, 2.05) is 37.3 Å². The van der Waals surface area contributed by atoms with Crippen LogP contribution in [0.3, 0.4) is 0 Å². The van der Waals surface area contributed by atoms with Crippen LogP contribution in [0, 0.1) is 0 Å². The van der Waals surface area contributed by atoms with Gasteiger partial charge in [0.05, 0.1) is 13.2 Å². The number of hydrogen-bond donors (Lipinski definition) is 1. The second-order valence-electron chi connectivity index (χ2n) is 4.59. The van der Waals surface area contributed by atoms with Gasteiger partial charge in [-0.3, -0.25) is 0 Å². The van der Waals surface area contributed by atoms with Gasteiger partial charge in [-0.15, -0.1) is 0 Å². The summed E-state index contributed by atoms with van der Waals surface area (Å²) in [5.41, 5.74) is 6.48. The number of rotatable bonds is 7. The van der Waals surface area contributed by atoms with Gasteiger partial charge in [-0.1, -0.05) is 6.92 Å². The van der Waals surface area contributed by atoms with Crippen molar-refractivity contribution in [2.45, 2.75) is 20.3 Å². The summed E-state index contributed by atoms with van der Waals surface area (Å²) in [6.45, 7) is 5.32. The van der Waals surface area contributed by atoms with Gasteiger partial charge in [0.1, 0.15) is 23.0 Å². The number of anilines is 1. The smallest absolute Gasteiger partial charge is 0.133 e. The highest BCUT2D eigenvalue weighted by molar-refractivity contribution is 5.51. The van der Waals surface area contributed by atoms with Gasteiger partial charge >= 0.3 is 0 Å². The largest absolute Gasteiger partial charge is 0.494 e. The van der Waals surface area contributed by atoms with Crippen LogP contribution in [0.1, 0.15) is 20.3 Å². The Morgan fingerprint density at radius 3 is 2.14 bits per heavy atom. The summed E-state index contributed by atoms with van der Waals surface area (Å²) in [6, 6.07) is 12.9. The molecule has 4 nitrogen and oxygen atoms in total. The molecule has 0 fully saturated rings. The maximum Gasteiger partial charge on any atom is 0.133 e. The van der Waals surface area contributed by atoms with Crippen molar-refractivity contribution in [3.05, 3.63) is 42.5 Å². The summed E-state index contributed by atoms with van der Waals surface area (Å²) in [5, 5.41) is 0. The van der Waals surface area contributed by atoms with Crippen LogP contribution in [0.15, 0.2) is 42.5 Å². The lowest BCUT2D eigenvalue weighted by molar-refractivity contribution is 0.316. The SMILES string of the molecule is CCCOc1cc(N)cc(Oc2ccc(OCC)cc2)c1. The zero-order valence-corrected chi connectivity index (χ0v) is 12.5. The third-order valence-electron chi connectivity index (χ3n) is 2.75. The van der Waals surface area contributed by atoms with Crippen molar-refractivity contribution in [3.63, 3.8) is 0 Å². The Bertz CT molecular complexity index is 567. The van der Waals surface area contributed by atoms with Gasteiger partial charge < -0.3 is 19.9 Å². The number of nitrogen functional groups attached to an aromatic ring is 1. The predicted molar refractivity (Wildman–Crippen MR) is 84.3 cm³/mol. The third-order valence-corrected chi connectivity index (χ3v) is 2.75. The molecule has 0 aliphatic rings. The van der Waals surface area contributed by atoms with E-state index in [1.165, 1.54) is 0 Å². The summed E-state index contributed by atoms with van der Waals surface area (Å²) < 4.78 is 16.8. The number of hydrogen-bond acceptors (Lipinski definition) is 4. The van der Waals surface area contributed by atoms with Crippen molar-refractivity contribution in [2.75, 3.05) is 18.9 Å². The van der Waals surface area contributed by atoms with Crippen LogP contribution < -0.4 is 19.9 Å². The first-order chi connectivity index (χ1) is 10.2. The molecule has 2 aromatic rings. The molecule has 0 spiro atoms. The lowest BCUT2D eigenvalue weighted by atomic mass is 10.2. The van der Waals surface area contributed by atoms with Crippen LogP contribution in [-0.2, 0) is 0 Å². The topological polar surface area (TPSA) is 53.7 Å². The van der Waals surface area contributed by atoms with E-state index in [4.69, 9.17) is 19.9 Å². The Morgan fingerprint density at radius 2 is 1.48 bits per heavy atom. The van der Waals surface area contributed by atoms with Crippen LogP contribution in [0.2, 0.25) is 0 Å². The molecule has 0 unspecified atom stereocenters. The standard InChI is InChI=1S/C17H21NO3/c1-3-9-20-16-10-13(18)11-17(12-16)21-15-7-5-14(6-8-15)19-4-2/h5-8,10-12H,3-4,9,18H2,1-2H3. The fraction of sp³-hybridized carbons (Fsp3) is 0.294. The zero-order valence-electron chi connectivity index (χ0n) is 12.5. The van der Waals surface area contributed by atoms with Crippen LogP contribution in [0.25, 0.3) is 0 Å². The Balaban J connectivity index is 2.09. The first-order valence-electron chi connectivity index (χ1n) is 7.15. The van der Waals surface area contributed by atoms with Gasteiger partial charge in [-0.25, -0.2) is 0 Å². The summed E-state index contributed by atoms with van der Waals surface area (Å²) >= 11 is 0. The molecule has 0 bridgehead atoms. The van der Waals surface area contributed by atoms with Gasteiger partial charge in [0.15, 0.2) is 0 Å². The van der Waals surface area contributed by atoms with Gasteiger partial charge in [0.25, 0.3) is 0 Å². The van der Waals surface area contributed by atoms with E-state index in [9.17, 15) is 0 Å². The summed E-state index contributed by atoms with van der Waals surface area (Å²) in [7, 11) is 0. The molecule has 0 saturated carbocycles. The second kappa shape index (κ2) is 7.43. The van der Waals surface area contributed by atoms with E-state index in [0.29, 0.717) is 24.7 Å². The molecular weight excluding hydrogens is 266 g/mol. The maximum absolute atomic E-state index is 5.87. The van der Waals surface area contributed by atoms with Crippen molar-refractivity contribution < 1.29 is 14.2 Å². The predicted octanol–water partition coefficient (Wildman–Crippen LogP) is 4.25. The lowest BCUT2D eigenvalue weighted by Gasteiger charge is -2.11. The number of benzene rings is 2. The van der Waals surface area contributed by atoms with E-state index < -0.39 is 0 Å². The second-order valence-corrected chi connectivity index (χ2v) is 4.59. The van der Waals surface area contributed by atoms with Crippen LogP contribution in [0.4, 0.5) is 5.69 Å². The Hall–Kier alpha value is -2.36. The van der Waals surface area contributed by atoms with E-state index in [-0.39, 0.29) is 0 Å². The molecule has 2 aromatic carbocycles. The summed E-state index contributed by atoms with van der Waals surface area (Å²) in [4.78, 5) is 0. The number of nitrogens with two attached hydrogens (primary N) is 1. The molecule has 4 heteroatoms. The molecule has 0 atom stereocenters. The third kappa shape index (κ3) is 4.60. The van der Waals surface area contributed by atoms with Crippen LogP contribution in [0.5, 0.6) is 23.0 Å².